The van der Waals surface area contributed by atoms with E-state index in [2.05, 4.69) is 24.5 Å². The predicted octanol–water partition coefficient (Wildman–Crippen LogP) is 1.54. The van der Waals surface area contributed by atoms with E-state index in [1.54, 1.807) is 0 Å². The summed E-state index contributed by atoms with van der Waals surface area (Å²) in [5.41, 5.74) is 1.89. The van der Waals surface area contributed by atoms with Gasteiger partial charge in [-0.3, -0.25) is 9.59 Å². The second kappa shape index (κ2) is 5.91. The third-order valence-corrected chi connectivity index (χ3v) is 3.19. The molecule has 0 saturated carbocycles. The third kappa shape index (κ3) is 3.59. The van der Waals surface area contributed by atoms with Gasteiger partial charge in [-0.05, 0) is 24.8 Å². The monoisotopic (exact) mass is 263 g/mol. The van der Waals surface area contributed by atoms with Gasteiger partial charge in [0.15, 0.2) is 0 Å². The number of hydrogen-bond acceptors (Lipinski definition) is 2. The van der Waals surface area contributed by atoms with Gasteiger partial charge >= 0.3 is 0 Å². The average Bonchev–Trinajstić information content (AvgIpc) is 2.59. The van der Waals surface area contributed by atoms with Crippen LogP contribution < -0.4 is 10.6 Å². The molecule has 5 nitrogen and oxygen atoms in total. The van der Waals surface area contributed by atoms with Crippen molar-refractivity contribution < 1.29 is 9.59 Å². The summed E-state index contributed by atoms with van der Waals surface area (Å²) in [5, 5.41) is 5.78. The van der Waals surface area contributed by atoms with Gasteiger partial charge in [0, 0.05) is 24.9 Å². The quantitative estimate of drug-likeness (QED) is 0.865. The molecule has 0 atom stereocenters. The number of nitrogens with one attached hydrogen (secondary N) is 2. The molecular formula is C14H21N3O2. The average molecular weight is 263 g/mol. The number of rotatable bonds is 4. The lowest BCUT2D eigenvalue weighted by Crippen LogP contribution is -2.30. The molecule has 1 aromatic rings. The van der Waals surface area contributed by atoms with Crippen molar-refractivity contribution >= 4 is 17.5 Å². The zero-order chi connectivity index (χ0) is 13.8. The summed E-state index contributed by atoms with van der Waals surface area (Å²) in [7, 11) is 0. The summed E-state index contributed by atoms with van der Waals surface area (Å²) in [6.07, 6.45) is 4.08. The second-order valence-corrected chi connectivity index (χ2v) is 5.40. The summed E-state index contributed by atoms with van der Waals surface area (Å²) in [5.74, 6) is 0.522. The van der Waals surface area contributed by atoms with Crippen molar-refractivity contribution in [3.8, 4) is 0 Å². The van der Waals surface area contributed by atoms with E-state index in [9.17, 15) is 9.59 Å². The van der Waals surface area contributed by atoms with E-state index in [0.717, 1.165) is 24.2 Å². The maximum Gasteiger partial charge on any atom is 0.239 e. The molecule has 0 unspecified atom stereocenters. The largest absolute Gasteiger partial charge is 0.354 e. The minimum atomic E-state index is 0.0164. The number of hydrogen-bond donors (Lipinski definition) is 2. The molecule has 0 radical (unpaired) electrons. The summed E-state index contributed by atoms with van der Waals surface area (Å²) in [6.45, 7) is 5.14. The van der Waals surface area contributed by atoms with Crippen LogP contribution >= 0.6 is 0 Å². The van der Waals surface area contributed by atoms with Gasteiger partial charge in [0.2, 0.25) is 11.8 Å². The fourth-order valence-corrected chi connectivity index (χ4v) is 2.20. The fraction of sp³-hybridized carbons (Fsp3) is 0.571. The first-order valence-electron chi connectivity index (χ1n) is 6.81. The van der Waals surface area contributed by atoms with E-state index in [1.807, 2.05) is 16.8 Å². The van der Waals surface area contributed by atoms with E-state index in [4.69, 9.17) is 0 Å². The predicted molar refractivity (Wildman–Crippen MR) is 73.8 cm³/mol. The maximum atomic E-state index is 11.8. The molecule has 1 aliphatic heterocycles. The molecule has 104 valence electrons. The van der Waals surface area contributed by atoms with Crippen LogP contribution in [0.25, 0.3) is 0 Å². The smallest absolute Gasteiger partial charge is 0.239 e. The van der Waals surface area contributed by atoms with Gasteiger partial charge in [-0.2, -0.15) is 0 Å². The molecular weight excluding hydrogens is 242 g/mol. The van der Waals surface area contributed by atoms with Crippen molar-refractivity contribution in [1.29, 1.82) is 0 Å². The van der Waals surface area contributed by atoms with Crippen LogP contribution in [0.5, 0.6) is 0 Å². The van der Waals surface area contributed by atoms with Gasteiger partial charge in [-0.25, -0.2) is 0 Å². The molecule has 2 N–H and O–H groups in total. The van der Waals surface area contributed by atoms with E-state index in [-0.39, 0.29) is 11.8 Å². The molecule has 0 aliphatic carbocycles. The lowest BCUT2D eigenvalue weighted by molar-refractivity contribution is -0.121. The number of amides is 2. The molecule has 0 bridgehead atoms. The van der Waals surface area contributed by atoms with Crippen molar-refractivity contribution in [3.63, 3.8) is 0 Å². The Kier molecular flexibility index (Phi) is 4.24. The molecule has 0 aromatic carbocycles. The highest BCUT2D eigenvalue weighted by Crippen LogP contribution is 2.23. The Morgan fingerprint density at radius 3 is 3.00 bits per heavy atom. The standard InChI is InChI=1S/C14H21N3O2/c1-10(2)8-15-14(19)9-17-7-6-11-12(17)4-3-5-13(18)16-11/h6-7,10H,3-5,8-9H2,1-2H3,(H,15,19)(H,16,18). The Labute approximate surface area is 113 Å². The number of fused-ring (bicyclic) bond motifs is 1. The van der Waals surface area contributed by atoms with Gasteiger partial charge in [0.1, 0.15) is 6.54 Å². The van der Waals surface area contributed by atoms with Crippen molar-refractivity contribution in [2.75, 3.05) is 11.9 Å². The van der Waals surface area contributed by atoms with Crippen LogP contribution in [0.1, 0.15) is 32.4 Å². The highest BCUT2D eigenvalue weighted by Gasteiger charge is 2.17. The third-order valence-electron chi connectivity index (χ3n) is 3.19. The molecule has 0 fully saturated rings. The van der Waals surface area contributed by atoms with E-state index in [1.165, 1.54) is 0 Å². The van der Waals surface area contributed by atoms with Crippen LogP contribution in [-0.2, 0) is 22.6 Å². The first kappa shape index (κ1) is 13.6. The Balaban J connectivity index is 2.02. The molecule has 0 saturated heterocycles. The zero-order valence-corrected chi connectivity index (χ0v) is 11.5. The van der Waals surface area contributed by atoms with E-state index < -0.39 is 0 Å². The van der Waals surface area contributed by atoms with Gasteiger partial charge in [-0.15, -0.1) is 0 Å². The second-order valence-electron chi connectivity index (χ2n) is 5.40. The van der Waals surface area contributed by atoms with Crippen LogP contribution in [-0.4, -0.2) is 22.9 Å². The molecule has 19 heavy (non-hydrogen) atoms. The van der Waals surface area contributed by atoms with E-state index >= 15 is 0 Å². The fourth-order valence-electron chi connectivity index (χ4n) is 2.20. The number of anilines is 1. The van der Waals surface area contributed by atoms with Crippen LogP contribution in [0.2, 0.25) is 0 Å². The summed E-state index contributed by atoms with van der Waals surface area (Å²) < 4.78 is 1.93. The van der Waals surface area contributed by atoms with Gasteiger partial charge < -0.3 is 15.2 Å². The highest BCUT2D eigenvalue weighted by molar-refractivity contribution is 5.92. The Morgan fingerprint density at radius 1 is 1.47 bits per heavy atom. The number of nitrogens with zero attached hydrogens (tertiary/aromatic N) is 1. The van der Waals surface area contributed by atoms with Gasteiger partial charge in [-0.1, -0.05) is 13.8 Å². The number of aromatic nitrogens is 1. The molecule has 5 heteroatoms. The molecule has 0 spiro atoms. The van der Waals surface area contributed by atoms with Crippen LogP contribution in [0, 0.1) is 5.92 Å². The Hall–Kier alpha value is -1.78. The summed E-state index contributed by atoms with van der Waals surface area (Å²) in [6, 6.07) is 1.87. The van der Waals surface area contributed by atoms with Gasteiger partial charge in [0.25, 0.3) is 0 Å². The minimum Gasteiger partial charge on any atom is -0.354 e. The minimum absolute atomic E-state index is 0.0164. The molecule has 2 amide bonds. The van der Waals surface area contributed by atoms with Crippen LogP contribution in [0.15, 0.2) is 12.3 Å². The normalized spacial score (nSPS) is 14.8. The van der Waals surface area contributed by atoms with Crippen molar-refractivity contribution in [1.82, 2.24) is 9.88 Å². The Bertz CT molecular complexity index is 477. The molecule has 1 aromatic heterocycles. The number of carbonyl (C=O) groups is 2. The summed E-state index contributed by atoms with van der Waals surface area (Å²) >= 11 is 0. The SMILES string of the molecule is CC(C)CNC(=O)Cn1ccc2c1CCCC(=O)N2. The molecule has 1 aliphatic rings. The van der Waals surface area contributed by atoms with Crippen molar-refractivity contribution in [2.45, 2.75) is 39.7 Å². The lowest BCUT2D eigenvalue weighted by Gasteiger charge is -2.11. The van der Waals surface area contributed by atoms with Crippen molar-refractivity contribution in [2.24, 2.45) is 5.92 Å². The van der Waals surface area contributed by atoms with Crippen LogP contribution in [0.3, 0.4) is 0 Å². The summed E-state index contributed by atoms with van der Waals surface area (Å²) in [4.78, 5) is 23.3. The van der Waals surface area contributed by atoms with Crippen LogP contribution in [0.4, 0.5) is 5.69 Å². The van der Waals surface area contributed by atoms with Gasteiger partial charge in [0.05, 0.1) is 5.69 Å². The maximum absolute atomic E-state index is 11.8. The Morgan fingerprint density at radius 2 is 2.26 bits per heavy atom. The van der Waals surface area contributed by atoms with Crippen molar-refractivity contribution in [3.05, 3.63) is 18.0 Å². The first-order chi connectivity index (χ1) is 9.06. The molecule has 2 heterocycles. The zero-order valence-electron chi connectivity index (χ0n) is 11.5. The topological polar surface area (TPSA) is 63.1 Å². The van der Waals surface area contributed by atoms with E-state index in [0.29, 0.717) is 25.4 Å². The first-order valence-corrected chi connectivity index (χ1v) is 6.81. The number of carbonyl (C=O) groups excluding carboxylic acids is 2. The lowest BCUT2D eigenvalue weighted by atomic mass is 10.2. The molecule has 2 rings (SSSR count). The highest BCUT2D eigenvalue weighted by atomic mass is 16.2.